The molecule has 6 nitrogen and oxygen atoms in total. The van der Waals surface area contributed by atoms with E-state index in [4.69, 9.17) is 4.74 Å². The molecule has 2 amide bonds. The molecule has 0 bridgehead atoms. The molecule has 3 rings (SSSR count). The van der Waals surface area contributed by atoms with Gasteiger partial charge in [0.15, 0.2) is 0 Å². The quantitative estimate of drug-likeness (QED) is 0.943. The van der Waals surface area contributed by atoms with Crippen LogP contribution in [0.3, 0.4) is 0 Å². The zero-order chi connectivity index (χ0) is 15.4. The Morgan fingerprint density at radius 2 is 2.23 bits per heavy atom. The molecule has 0 aliphatic carbocycles. The molecule has 1 aromatic heterocycles. The molecule has 7 heteroatoms. The summed E-state index contributed by atoms with van der Waals surface area (Å²) in [4.78, 5) is 13.9. The molecule has 1 saturated heterocycles. The summed E-state index contributed by atoms with van der Waals surface area (Å²) < 4.78 is 5.43. The van der Waals surface area contributed by atoms with Crippen molar-refractivity contribution in [2.75, 3.05) is 25.0 Å². The summed E-state index contributed by atoms with van der Waals surface area (Å²) in [6.45, 7) is 3.74. The number of amides is 2. The molecule has 1 aliphatic heterocycles. The Labute approximate surface area is 133 Å². The first-order valence-electron chi connectivity index (χ1n) is 7.24. The van der Waals surface area contributed by atoms with Crippen LogP contribution in [0.25, 0.3) is 0 Å². The molecule has 1 fully saturated rings. The number of urea groups is 1. The topological polar surface area (TPSA) is 67.4 Å². The van der Waals surface area contributed by atoms with Crippen LogP contribution in [0.1, 0.15) is 17.5 Å². The van der Waals surface area contributed by atoms with Crippen molar-refractivity contribution in [3.05, 3.63) is 40.9 Å². The van der Waals surface area contributed by atoms with Gasteiger partial charge in [-0.05, 0) is 12.5 Å². The second-order valence-corrected chi connectivity index (χ2v) is 6.28. The Hall–Kier alpha value is -1.99. The van der Waals surface area contributed by atoms with Gasteiger partial charge in [-0.25, -0.2) is 4.79 Å². The predicted octanol–water partition coefficient (Wildman–Crippen LogP) is 2.38. The zero-order valence-electron chi connectivity index (χ0n) is 12.4. The molecule has 2 aromatic rings. The molecule has 0 unspecified atom stereocenters. The second-order valence-electron chi connectivity index (χ2n) is 5.22. The van der Waals surface area contributed by atoms with Crippen molar-refractivity contribution >= 4 is 22.5 Å². The van der Waals surface area contributed by atoms with Crippen molar-refractivity contribution in [3.8, 4) is 0 Å². The van der Waals surface area contributed by atoms with Gasteiger partial charge in [-0.3, -0.25) is 5.32 Å². The van der Waals surface area contributed by atoms with Crippen molar-refractivity contribution < 1.29 is 9.53 Å². The van der Waals surface area contributed by atoms with Crippen LogP contribution >= 0.6 is 11.3 Å². The molecule has 2 heterocycles. The number of hydrogen-bond donors (Lipinski definition) is 1. The average molecular weight is 318 g/mol. The fourth-order valence-electron chi connectivity index (χ4n) is 2.32. The second kappa shape index (κ2) is 6.85. The molecule has 22 heavy (non-hydrogen) atoms. The van der Waals surface area contributed by atoms with E-state index < -0.39 is 0 Å². The number of rotatable bonds is 3. The van der Waals surface area contributed by atoms with E-state index in [1.54, 1.807) is 4.90 Å². The first-order chi connectivity index (χ1) is 10.7. The highest BCUT2D eigenvalue weighted by molar-refractivity contribution is 7.15. The zero-order valence-corrected chi connectivity index (χ0v) is 13.2. The predicted molar refractivity (Wildman–Crippen MR) is 85.2 cm³/mol. The first kappa shape index (κ1) is 14.9. The SMILES string of the molecule is C[C@H]1CN(C(=O)Nc2nnc(Cc3ccccc3)s2)CCO1. The fraction of sp³-hybridized carbons (Fsp3) is 0.400. The van der Waals surface area contributed by atoms with Crippen LogP contribution in [0.4, 0.5) is 9.93 Å². The van der Waals surface area contributed by atoms with Crippen molar-refractivity contribution in [1.82, 2.24) is 15.1 Å². The fourth-order valence-corrected chi connectivity index (χ4v) is 3.08. The molecular weight excluding hydrogens is 300 g/mol. The molecule has 1 aliphatic rings. The van der Waals surface area contributed by atoms with Crippen molar-refractivity contribution in [1.29, 1.82) is 0 Å². The summed E-state index contributed by atoms with van der Waals surface area (Å²) in [6.07, 6.45) is 0.797. The number of nitrogens with one attached hydrogen (secondary N) is 1. The minimum Gasteiger partial charge on any atom is -0.375 e. The maximum Gasteiger partial charge on any atom is 0.323 e. The Morgan fingerprint density at radius 3 is 3.00 bits per heavy atom. The standard InChI is InChI=1S/C15H18N4O2S/c1-11-10-19(7-8-21-11)15(20)16-14-18-17-13(22-14)9-12-5-3-2-4-6-12/h2-6,11H,7-10H2,1H3,(H,16,18,20)/t11-/m0/s1. The normalized spacial score (nSPS) is 18.2. The van der Waals surface area contributed by atoms with Crippen molar-refractivity contribution in [2.24, 2.45) is 0 Å². The summed E-state index contributed by atoms with van der Waals surface area (Å²) in [5.41, 5.74) is 1.18. The third-order valence-corrected chi connectivity index (χ3v) is 4.25. The van der Waals surface area contributed by atoms with Gasteiger partial charge >= 0.3 is 6.03 Å². The van der Waals surface area contributed by atoms with Gasteiger partial charge in [0.05, 0.1) is 12.7 Å². The van der Waals surface area contributed by atoms with Crippen LogP contribution < -0.4 is 5.32 Å². The number of anilines is 1. The number of morpholine rings is 1. The average Bonchev–Trinajstić information content (AvgIpc) is 2.95. The lowest BCUT2D eigenvalue weighted by atomic mass is 10.2. The van der Waals surface area contributed by atoms with Gasteiger partial charge in [0.1, 0.15) is 5.01 Å². The van der Waals surface area contributed by atoms with Crippen LogP contribution in [0.5, 0.6) is 0 Å². The number of aromatic nitrogens is 2. The highest BCUT2D eigenvalue weighted by atomic mass is 32.1. The molecule has 116 valence electrons. The molecule has 0 radical (unpaired) electrons. The van der Waals surface area contributed by atoms with Crippen LogP contribution in [0, 0.1) is 0 Å². The van der Waals surface area contributed by atoms with Crippen molar-refractivity contribution in [3.63, 3.8) is 0 Å². The number of carbonyl (C=O) groups excluding carboxylic acids is 1. The van der Waals surface area contributed by atoms with E-state index in [9.17, 15) is 4.79 Å². The molecule has 1 atom stereocenters. The summed E-state index contributed by atoms with van der Waals surface area (Å²) in [6, 6.07) is 9.94. The molecule has 1 aromatic carbocycles. The maximum absolute atomic E-state index is 12.2. The molecule has 1 N–H and O–H groups in total. The van der Waals surface area contributed by atoms with E-state index in [0.717, 1.165) is 11.4 Å². The Kier molecular flexibility index (Phi) is 4.65. The van der Waals surface area contributed by atoms with Gasteiger partial charge in [-0.15, -0.1) is 10.2 Å². The maximum atomic E-state index is 12.2. The number of nitrogens with zero attached hydrogens (tertiary/aromatic N) is 3. The van der Waals surface area contributed by atoms with Crippen molar-refractivity contribution in [2.45, 2.75) is 19.4 Å². The minimum absolute atomic E-state index is 0.0718. The highest BCUT2D eigenvalue weighted by Gasteiger charge is 2.22. The number of ether oxygens (including phenoxy) is 1. The Morgan fingerprint density at radius 1 is 1.41 bits per heavy atom. The first-order valence-corrected chi connectivity index (χ1v) is 8.06. The van der Waals surface area contributed by atoms with Crippen LogP contribution in [-0.2, 0) is 11.2 Å². The molecule has 0 spiro atoms. The van der Waals surface area contributed by atoms with E-state index in [1.807, 2.05) is 25.1 Å². The van der Waals surface area contributed by atoms with Gasteiger partial charge in [-0.2, -0.15) is 0 Å². The lowest BCUT2D eigenvalue weighted by molar-refractivity contribution is -0.00138. The van der Waals surface area contributed by atoms with E-state index in [0.29, 0.717) is 24.8 Å². The highest BCUT2D eigenvalue weighted by Crippen LogP contribution is 2.19. The number of benzene rings is 1. The monoisotopic (exact) mass is 318 g/mol. The number of hydrogen-bond acceptors (Lipinski definition) is 5. The van der Waals surface area contributed by atoms with Gasteiger partial charge in [0.2, 0.25) is 5.13 Å². The third-order valence-electron chi connectivity index (χ3n) is 3.41. The summed E-state index contributed by atoms with van der Waals surface area (Å²) >= 11 is 1.41. The van der Waals surface area contributed by atoms with Gasteiger partial charge < -0.3 is 9.64 Å². The van der Waals surface area contributed by atoms with E-state index in [-0.39, 0.29) is 12.1 Å². The van der Waals surface area contributed by atoms with Crippen LogP contribution in [-0.4, -0.2) is 46.9 Å². The molecular formula is C15H18N4O2S. The third kappa shape index (κ3) is 3.80. The summed E-state index contributed by atoms with van der Waals surface area (Å²) in [7, 11) is 0. The van der Waals surface area contributed by atoms with Gasteiger partial charge in [0.25, 0.3) is 0 Å². The lowest BCUT2D eigenvalue weighted by Gasteiger charge is -2.30. The minimum atomic E-state index is -0.141. The van der Waals surface area contributed by atoms with Crippen LogP contribution in [0.2, 0.25) is 0 Å². The van der Waals surface area contributed by atoms with E-state index >= 15 is 0 Å². The van der Waals surface area contributed by atoms with Gasteiger partial charge in [0, 0.05) is 19.5 Å². The summed E-state index contributed by atoms with van der Waals surface area (Å²) in [5, 5.41) is 12.4. The molecule has 0 saturated carbocycles. The Balaban J connectivity index is 1.58. The largest absolute Gasteiger partial charge is 0.375 e. The Bertz CT molecular complexity index is 631. The number of carbonyl (C=O) groups is 1. The summed E-state index contributed by atoms with van der Waals surface area (Å²) in [5.74, 6) is 0. The van der Waals surface area contributed by atoms with E-state index in [2.05, 4.69) is 27.6 Å². The van der Waals surface area contributed by atoms with Crippen LogP contribution in [0.15, 0.2) is 30.3 Å². The van der Waals surface area contributed by atoms with Gasteiger partial charge in [-0.1, -0.05) is 41.7 Å². The lowest BCUT2D eigenvalue weighted by Crippen LogP contribution is -2.46. The smallest absolute Gasteiger partial charge is 0.323 e. The van der Waals surface area contributed by atoms with E-state index in [1.165, 1.54) is 16.9 Å².